The van der Waals surface area contributed by atoms with Gasteiger partial charge in [0.1, 0.15) is 0 Å². The molecule has 0 amide bonds. The number of benzene rings is 1. The number of rotatable bonds is 3. The Morgan fingerprint density at radius 1 is 1.52 bits per heavy atom. The lowest BCUT2D eigenvalue weighted by Crippen LogP contribution is -2.69. The Morgan fingerprint density at radius 2 is 2.29 bits per heavy atom. The first-order valence-corrected chi connectivity index (χ1v) is 8.83. The summed E-state index contributed by atoms with van der Waals surface area (Å²) in [5, 5.41) is 4.05. The SMILES string of the molecule is CSCCN1C(=S)NC2c3cccc(F)c3OC1(C)C2C. The molecule has 2 heterocycles. The third kappa shape index (κ3) is 2.19. The maximum atomic E-state index is 14.1. The monoisotopic (exact) mass is 326 g/mol. The highest BCUT2D eigenvalue weighted by Crippen LogP contribution is 2.48. The van der Waals surface area contributed by atoms with Gasteiger partial charge in [-0.3, -0.25) is 0 Å². The molecule has 3 nitrogen and oxygen atoms in total. The van der Waals surface area contributed by atoms with Crippen molar-refractivity contribution in [1.82, 2.24) is 10.2 Å². The first kappa shape index (κ1) is 14.9. The van der Waals surface area contributed by atoms with Crippen LogP contribution in [0, 0.1) is 11.7 Å². The number of thioether (sulfide) groups is 1. The highest BCUT2D eigenvalue weighted by molar-refractivity contribution is 7.98. The van der Waals surface area contributed by atoms with E-state index in [1.807, 2.05) is 13.0 Å². The Balaban J connectivity index is 2.05. The van der Waals surface area contributed by atoms with E-state index in [2.05, 4.69) is 23.4 Å². The Morgan fingerprint density at radius 3 is 3.00 bits per heavy atom. The summed E-state index contributed by atoms with van der Waals surface area (Å²) in [5.74, 6) is 1.16. The lowest BCUT2D eigenvalue weighted by Gasteiger charge is -2.56. The number of hydrogen-bond donors (Lipinski definition) is 1. The van der Waals surface area contributed by atoms with E-state index in [4.69, 9.17) is 17.0 Å². The van der Waals surface area contributed by atoms with Crippen LogP contribution in [0.3, 0.4) is 0 Å². The Bertz CT molecular complexity index is 583. The van der Waals surface area contributed by atoms with Gasteiger partial charge in [-0.1, -0.05) is 19.1 Å². The molecule has 1 N–H and O–H groups in total. The average Bonchev–Trinajstić information content (AvgIpc) is 2.44. The van der Waals surface area contributed by atoms with Crippen LogP contribution in [0.1, 0.15) is 25.5 Å². The molecule has 2 bridgehead atoms. The van der Waals surface area contributed by atoms with Gasteiger partial charge in [0.05, 0.1) is 6.04 Å². The van der Waals surface area contributed by atoms with E-state index in [9.17, 15) is 4.39 Å². The molecule has 0 radical (unpaired) electrons. The van der Waals surface area contributed by atoms with Crippen molar-refractivity contribution in [3.05, 3.63) is 29.6 Å². The van der Waals surface area contributed by atoms with Crippen LogP contribution in [0.4, 0.5) is 4.39 Å². The summed E-state index contributed by atoms with van der Waals surface area (Å²) in [6.07, 6.45) is 2.06. The molecule has 1 aromatic rings. The van der Waals surface area contributed by atoms with Crippen LogP contribution in [0.15, 0.2) is 18.2 Å². The molecule has 0 spiro atoms. The summed E-state index contributed by atoms with van der Waals surface area (Å²) in [6, 6.07) is 5.06. The smallest absolute Gasteiger partial charge is 0.186 e. The molecular formula is C15H19FN2OS2. The fraction of sp³-hybridized carbons (Fsp3) is 0.533. The third-order valence-corrected chi connectivity index (χ3v) is 5.49. The van der Waals surface area contributed by atoms with E-state index in [0.717, 1.165) is 17.9 Å². The molecule has 3 unspecified atom stereocenters. The molecule has 6 heteroatoms. The van der Waals surface area contributed by atoms with Crippen molar-refractivity contribution in [2.24, 2.45) is 5.92 Å². The molecule has 0 saturated carbocycles. The first-order valence-electron chi connectivity index (χ1n) is 7.03. The van der Waals surface area contributed by atoms with E-state index >= 15 is 0 Å². The molecule has 0 aliphatic carbocycles. The zero-order valence-corrected chi connectivity index (χ0v) is 14.0. The number of para-hydroxylation sites is 1. The van der Waals surface area contributed by atoms with Crippen molar-refractivity contribution in [2.45, 2.75) is 25.6 Å². The molecule has 1 fully saturated rings. The maximum absolute atomic E-state index is 14.1. The van der Waals surface area contributed by atoms with Gasteiger partial charge < -0.3 is 15.0 Å². The van der Waals surface area contributed by atoms with Gasteiger partial charge in [0.15, 0.2) is 22.4 Å². The maximum Gasteiger partial charge on any atom is 0.186 e. The summed E-state index contributed by atoms with van der Waals surface area (Å²) in [5.41, 5.74) is 0.240. The quantitative estimate of drug-likeness (QED) is 0.860. The second kappa shape index (κ2) is 5.32. The number of nitrogens with zero attached hydrogens (tertiary/aromatic N) is 1. The van der Waals surface area contributed by atoms with Gasteiger partial charge in [0.2, 0.25) is 0 Å². The van der Waals surface area contributed by atoms with Gasteiger partial charge in [0.25, 0.3) is 0 Å². The molecule has 2 aliphatic rings. The fourth-order valence-corrected chi connectivity index (χ4v) is 3.94. The number of fused-ring (bicyclic) bond motifs is 4. The number of halogens is 1. The number of hydrogen-bond acceptors (Lipinski definition) is 3. The van der Waals surface area contributed by atoms with Gasteiger partial charge in [0, 0.05) is 23.8 Å². The van der Waals surface area contributed by atoms with E-state index in [1.165, 1.54) is 6.07 Å². The van der Waals surface area contributed by atoms with Crippen molar-refractivity contribution in [2.75, 3.05) is 18.6 Å². The lowest BCUT2D eigenvalue weighted by atomic mass is 9.81. The Hall–Kier alpha value is -1.01. The first-order chi connectivity index (χ1) is 9.99. The molecule has 3 atom stereocenters. The van der Waals surface area contributed by atoms with Gasteiger partial charge in [-0.25, -0.2) is 4.39 Å². The average molecular weight is 326 g/mol. The van der Waals surface area contributed by atoms with Crippen LogP contribution < -0.4 is 10.1 Å². The van der Waals surface area contributed by atoms with E-state index < -0.39 is 5.72 Å². The predicted octanol–water partition coefficient (Wildman–Crippen LogP) is 3.16. The standard InChI is InChI=1S/C15H19FN2OS2/c1-9-12-10-5-4-6-11(16)13(10)19-15(9,2)18(7-8-21-3)14(20)17-12/h4-6,9,12H,7-8H2,1-3H3,(H,17,20). The zero-order chi connectivity index (χ0) is 15.2. The summed E-state index contributed by atoms with van der Waals surface area (Å²) < 4.78 is 20.3. The van der Waals surface area contributed by atoms with Gasteiger partial charge in [-0.15, -0.1) is 0 Å². The number of ether oxygens (including phenoxy) is 1. The van der Waals surface area contributed by atoms with Gasteiger partial charge in [-0.2, -0.15) is 11.8 Å². The van der Waals surface area contributed by atoms with Crippen LogP contribution >= 0.6 is 24.0 Å². The molecule has 21 heavy (non-hydrogen) atoms. The topological polar surface area (TPSA) is 24.5 Å². The van der Waals surface area contributed by atoms with Crippen molar-refractivity contribution >= 4 is 29.1 Å². The van der Waals surface area contributed by atoms with Crippen molar-refractivity contribution in [3.8, 4) is 5.75 Å². The van der Waals surface area contributed by atoms with Crippen molar-refractivity contribution in [3.63, 3.8) is 0 Å². The second-order valence-corrected chi connectivity index (χ2v) is 7.05. The Labute approximate surface area is 134 Å². The minimum atomic E-state index is -0.613. The second-order valence-electron chi connectivity index (χ2n) is 5.68. The summed E-state index contributed by atoms with van der Waals surface area (Å²) in [4.78, 5) is 2.05. The predicted molar refractivity (Wildman–Crippen MR) is 88.2 cm³/mol. The molecule has 114 valence electrons. The summed E-state index contributed by atoms with van der Waals surface area (Å²) in [6.45, 7) is 4.91. The molecule has 0 aromatic heterocycles. The summed E-state index contributed by atoms with van der Waals surface area (Å²) >= 11 is 7.27. The minimum Gasteiger partial charge on any atom is -0.464 e. The Kier molecular flexibility index (Phi) is 3.78. The van der Waals surface area contributed by atoms with Crippen LogP contribution in [-0.4, -0.2) is 34.3 Å². The zero-order valence-electron chi connectivity index (χ0n) is 12.4. The van der Waals surface area contributed by atoms with Crippen molar-refractivity contribution < 1.29 is 9.13 Å². The summed E-state index contributed by atoms with van der Waals surface area (Å²) in [7, 11) is 0. The lowest BCUT2D eigenvalue weighted by molar-refractivity contribution is -0.110. The third-order valence-electron chi connectivity index (χ3n) is 4.57. The highest BCUT2D eigenvalue weighted by Gasteiger charge is 2.53. The normalized spacial score (nSPS) is 30.5. The van der Waals surface area contributed by atoms with Crippen LogP contribution in [0.5, 0.6) is 5.75 Å². The highest BCUT2D eigenvalue weighted by atomic mass is 32.2. The van der Waals surface area contributed by atoms with Gasteiger partial charge in [-0.05, 0) is 31.5 Å². The minimum absolute atomic E-state index is 0.00696. The van der Waals surface area contributed by atoms with Gasteiger partial charge >= 0.3 is 0 Å². The van der Waals surface area contributed by atoms with E-state index in [0.29, 0.717) is 10.9 Å². The largest absolute Gasteiger partial charge is 0.464 e. The van der Waals surface area contributed by atoms with Crippen LogP contribution in [0.2, 0.25) is 0 Å². The number of thiocarbonyl (C=S) groups is 1. The molecule has 3 rings (SSSR count). The number of nitrogens with one attached hydrogen (secondary N) is 1. The van der Waals surface area contributed by atoms with E-state index in [-0.39, 0.29) is 17.8 Å². The molecule has 2 aliphatic heterocycles. The molecule has 1 aromatic carbocycles. The van der Waals surface area contributed by atoms with Crippen LogP contribution in [0.25, 0.3) is 0 Å². The molecule has 1 saturated heterocycles. The molecular weight excluding hydrogens is 307 g/mol. The fourth-order valence-electron chi connectivity index (χ4n) is 3.18. The van der Waals surface area contributed by atoms with Crippen LogP contribution in [-0.2, 0) is 0 Å². The van der Waals surface area contributed by atoms with Crippen molar-refractivity contribution in [1.29, 1.82) is 0 Å². The van der Waals surface area contributed by atoms with E-state index in [1.54, 1.807) is 17.8 Å².